The Labute approximate surface area is 158 Å². The molecular formula is C20H24N2O5. The van der Waals surface area contributed by atoms with Crippen LogP contribution in [-0.4, -0.2) is 45.2 Å². The summed E-state index contributed by atoms with van der Waals surface area (Å²) in [7, 11) is 1.54. The molecule has 2 amide bonds. The van der Waals surface area contributed by atoms with Gasteiger partial charge in [-0.3, -0.25) is 9.59 Å². The molecule has 0 saturated carbocycles. The normalized spacial score (nSPS) is 10.0. The van der Waals surface area contributed by atoms with Gasteiger partial charge in [0.1, 0.15) is 5.75 Å². The van der Waals surface area contributed by atoms with E-state index in [1.54, 1.807) is 43.5 Å². The lowest BCUT2D eigenvalue weighted by atomic mass is 10.2. The maximum absolute atomic E-state index is 12.0. The molecule has 0 unspecified atom stereocenters. The molecule has 2 N–H and O–H groups in total. The van der Waals surface area contributed by atoms with Crippen LogP contribution in [-0.2, 0) is 4.79 Å². The molecule has 0 bridgehead atoms. The highest BCUT2D eigenvalue weighted by Gasteiger charge is 2.08. The zero-order chi connectivity index (χ0) is 19.5. The number of amides is 2. The SMILES string of the molecule is CCOc1ccccc1OCC(=O)NCCNC(=O)c1cccc(OC)c1. The predicted molar refractivity (Wildman–Crippen MR) is 101 cm³/mol. The van der Waals surface area contributed by atoms with Crippen molar-refractivity contribution in [1.29, 1.82) is 0 Å². The first-order chi connectivity index (χ1) is 13.1. The Balaban J connectivity index is 1.69. The fourth-order valence-electron chi connectivity index (χ4n) is 2.28. The average Bonchev–Trinajstić information content (AvgIpc) is 2.70. The molecule has 0 aliphatic heterocycles. The van der Waals surface area contributed by atoms with E-state index in [0.29, 0.717) is 42.5 Å². The van der Waals surface area contributed by atoms with Crippen molar-refractivity contribution in [2.24, 2.45) is 0 Å². The fourth-order valence-corrected chi connectivity index (χ4v) is 2.28. The summed E-state index contributed by atoms with van der Waals surface area (Å²) in [6.45, 7) is 2.86. The van der Waals surface area contributed by atoms with Gasteiger partial charge in [0.25, 0.3) is 11.8 Å². The molecule has 0 saturated heterocycles. The highest BCUT2D eigenvalue weighted by Crippen LogP contribution is 2.26. The van der Waals surface area contributed by atoms with Crippen molar-refractivity contribution in [1.82, 2.24) is 10.6 Å². The third kappa shape index (κ3) is 6.54. The first-order valence-corrected chi connectivity index (χ1v) is 8.67. The number of carbonyl (C=O) groups is 2. The molecule has 0 aliphatic carbocycles. The van der Waals surface area contributed by atoms with E-state index in [4.69, 9.17) is 14.2 Å². The lowest BCUT2D eigenvalue weighted by Crippen LogP contribution is -2.36. The van der Waals surface area contributed by atoms with Crippen molar-refractivity contribution >= 4 is 11.8 Å². The molecule has 0 aromatic heterocycles. The topological polar surface area (TPSA) is 85.9 Å². The highest BCUT2D eigenvalue weighted by molar-refractivity contribution is 5.94. The number of hydrogen-bond donors (Lipinski definition) is 2. The maximum atomic E-state index is 12.0. The van der Waals surface area contributed by atoms with Crippen molar-refractivity contribution in [3.8, 4) is 17.2 Å². The summed E-state index contributed by atoms with van der Waals surface area (Å²) in [5.74, 6) is 1.21. The number of carbonyl (C=O) groups excluding carboxylic acids is 2. The van der Waals surface area contributed by atoms with Crippen LogP contribution >= 0.6 is 0 Å². The number of ether oxygens (including phenoxy) is 3. The minimum atomic E-state index is -0.281. The van der Waals surface area contributed by atoms with Gasteiger partial charge in [-0.05, 0) is 37.3 Å². The maximum Gasteiger partial charge on any atom is 0.258 e. The van der Waals surface area contributed by atoms with E-state index in [2.05, 4.69) is 10.6 Å². The van der Waals surface area contributed by atoms with Gasteiger partial charge in [-0.25, -0.2) is 0 Å². The minimum Gasteiger partial charge on any atom is -0.497 e. The second-order valence-corrected chi connectivity index (χ2v) is 5.51. The van der Waals surface area contributed by atoms with Crippen LogP contribution < -0.4 is 24.8 Å². The van der Waals surface area contributed by atoms with Crippen molar-refractivity contribution < 1.29 is 23.8 Å². The zero-order valence-corrected chi connectivity index (χ0v) is 15.5. The zero-order valence-electron chi connectivity index (χ0n) is 15.5. The molecule has 0 heterocycles. The minimum absolute atomic E-state index is 0.131. The molecule has 2 rings (SSSR count). The van der Waals surface area contributed by atoms with Gasteiger partial charge in [0, 0.05) is 18.7 Å². The van der Waals surface area contributed by atoms with E-state index < -0.39 is 0 Å². The van der Waals surface area contributed by atoms with Gasteiger partial charge in [-0.2, -0.15) is 0 Å². The predicted octanol–water partition coefficient (Wildman–Crippen LogP) is 2.02. The Morgan fingerprint density at radius 3 is 2.33 bits per heavy atom. The quantitative estimate of drug-likeness (QED) is 0.623. The summed E-state index contributed by atoms with van der Waals surface area (Å²) in [5, 5.41) is 5.42. The van der Waals surface area contributed by atoms with Crippen LogP contribution in [0.15, 0.2) is 48.5 Å². The van der Waals surface area contributed by atoms with Crippen molar-refractivity contribution in [2.75, 3.05) is 33.4 Å². The van der Waals surface area contributed by atoms with E-state index in [1.807, 2.05) is 19.1 Å². The van der Waals surface area contributed by atoms with Crippen molar-refractivity contribution in [2.45, 2.75) is 6.92 Å². The molecule has 0 spiro atoms. The van der Waals surface area contributed by atoms with E-state index in [1.165, 1.54) is 0 Å². The lowest BCUT2D eigenvalue weighted by Gasteiger charge is -2.12. The highest BCUT2D eigenvalue weighted by atomic mass is 16.5. The number of nitrogens with one attached hydrogen (secondary N) is 2. The number of para-hydroxylation sites is 2. The van der Waals surface area contributed by atoms with Gasteiger partial charge in [0.15, 0.2) is 18.1 Å². The van der Waals surface area contributed by atoms with E-state index in [0.717, 1.165) is 0 Å². The molecule has 0 aliphatic rings. The Morgan fingerprint density at radius 2 is 1.63 bits per heavy atom. The summed E-state index contributed by atoms with van der Waals surface area (Å²) in [5.41, 5.74) is 0.497. The first kappa shape index (κ1) is 20.1. The van der Waals surface area contributed by atoms with Crippen LogP contribution in [0.25, 0.3) is 0 Å². The second kappa shape index (κ2) is 10.7. The van der Waals surface area contributed by atoms with Gasteiger partial charge in [-0.15, -0.1) is 0 Å². The second-order valence-electron chi connectivity index (χ2n) is 5.51. The summed E-state index contributed by atoms with van der Waals surface area (Å²) >= 11 is 0. The van der Waals surface area contributed by atoms with Crippen LogP contribution in [0.1, 0.15) is 17.3 Å². The number of methoxy groups -OCH3 is 1. The Kier molecular flexibility index (Phi) is 7.96. The van der Waals surface area contributed by atoms with Crippen LogP contribution in [0.3, 0.4) is 0 Å². The Bertz CT molecular complexity index is 764. The molecule has 0 fully saturated rings. The molecular weight excluding hydrogens is 348 g/mol. The first-order valence-electron chi connectivity index (χ1n) is 8.67. The van der Waals surface area contributed by atoms with Crippen LogP contribution in [0, 0.1) is 0 Å². The largest absolute Gasteiger partial charge is 0.497 e. The number of benzene rings is 2. The monoisotopic (exact) mass is 372 g/mol. The van der Waals surface area contributed by atoms with Crippen molar-refractivity contribution in [3.63, 3.8) is 0 Å². The Hall–Kier alpha value is -3.22. The summed E-state index contributed by atoms with van der Waals surface area (Å²) < 4.78 is 16.0. The van der Waals surface area contributed by atoms with Crippen LogP contribution in [0.4, 0.5) is 0 Å². The van der Waals surface area contributed by atoms with Gasteiger partial charge < -0.3 is 24.8 Å². The van der Waals surface area contributed by atoms with Crippen molar-refractivity contribution in [3.05, 3.63) is 54.1 Å². The number of hydrogen-bond acceptors (Lipinski definition) is 5. The molecule has 144 valence electrons. The number of rotatable bonds is 10. The lowest BCUT2D eigenvalue weighted by molar-refractivity contribution is -0.123. The average molecular weight is 372 g/mol. The molecule has 0 atom stereocenters. The van der Waals surface area contributed by atoms with Crippen LogP contribution in [0.2, 0.25) is 0 Å². The third-order valence-corrected chi connectivity index (χ3v) is 3.57. The smallest absolute Gasteiger partial charge is 0.258 e. The molecule has 7 heteroatoms. The van der Waals surface area contributed by atoms with Gasteiger partial charge in [0.05, 0.1) is 13.7 Å². The summed E-state index contributed by atoms with van der Waals surface area (Å²) in [4.78, 5) is 23.9. The molecule has 0 radical (unpaired) electrons. The fraction of sp³-hybridized carbons (Fsp3) is 0.300. The van der Waals surface area contributed by atoms with E-state index >= 15 is 0 Å². The van der Waals surface area contributed by atoms with Gasteiger partial charge in [-0.1, -0.05) is 18.2 Å². The summed E-state index contributed by atoms with van der Waals surface area (Å²) in [6.07, 6.45) is 0. The standard InChI is InChI=1S/C20H24N2O5/c1-3-26-17-9-4-5-10-18(17)27-14-19(23)21-11-12-22-20(24)15-7-6-8-16(13-15)25-2/h4-10,13H,3,11-12,14H2,1-2H3,(H,21,23)(H,22,24). The molecule has 2 aromatic carbocycles. The van der Waals surface area contributed by atoms with Gasteiger partial charge in [0.2, 0.25) is 0 Å². The van der Waals surface area contributed by atoms with Crippen LogP contribution in [0.5, 0.6) is 17.2 Å². The van der Waals surface area contributed by atoms with E-state index in [-0.39, 0.29) is 18.4 Å². The Morgan fingerprint density at radius 1 is 0.926 bits per heavy atom. The molecule has 7 nitrogen and oxygen atoms in total. The molecule has 2 aromatic rings. The summed E-state index contributed by atoms with van der Waals surface area (Å²) in [6, 6.07) is 14.0. The molecule has 27 heavy (non-hydrogen) atoms. The third-order valence-electron chi connectivity index (χ3n) is 3.57. The van der Waals surface area contributed by atoms with E-state index in [9.17, 15) is 9.59 Å². The van der Waals surface area contributed by atoms with Gasteiger partial charge >= 0.3 is 0 Å².